The van der Waals surface area contributed by atoms with E-state index < -0.39 is 56.1 Å². The van der Waals surface area contributed by atoms with Gasteiger partial charge in [-0.25, -0.2) is 9.59 Å². The molecule has 2 heterocycles. The lowest BCUT2D eigenvalue weighted by molar-refractivity contribution is -0.116. The predicted molar refractivity (Wildman–Crippen MR) is 198 cm³/mol. The fourth-order valence-corrected chi connectivity index (χ4v) is 8.32. The molecule has 0 spiro atoms. The van der Waals surface area contributed by atoms with Crippen LogP contribution < -0.4 is 37.8 Å². The highest BCUT2D eigenvalue weighted by Gasteiger charge is 2.35. The van der Waals surface area contributed by atoms with Crippen molar-refractivity contribution in [1.82, 2.24) is 20.2 Å². The molecule has 5 rings (SSSR count). The van der Waals surface area contributed by atoms with Crippen molar-refractivity contribution >= 4 is 47.7 Å². The van der Waals surface area contributed by atoms with E-state index in [1.54, 1.807) is 6.07 Å². The summed E-state index contributed by atoms with van der Waals surface area (Å²) in [5.74, 6) is -1.76. The van der Waals surface area contributed by atoms with Gasteiger partial charge in [0.25, 0.3) is 11.5 Å². The molecule has 0 bridgehead atoms. The lowest BCUT2D eigenvalue weighted by Crippen LogP contribution is -2.33. The fraction of sp³-hybridized carbons (Fsp3) is 0.289. The van der Waals surface area contributed by atoms with Crippen LogP contribution in [0.1, 0.15) is 64.6 Å². The first-order valence-electron chi connectivity index (χ1n) is 17.0. The van der Waals surface area contributed by atoms with Crippen molar-refractivity contribution in [3.63, 3.8) is 0 Å². The first-order chi connectivity index (χ1) is 25.2. The van der Waals surface area contributed by atoms with Crippen LogP contribution in [0.2, 0.25) is 0 Å². The van der Waals surface area contributed by atoms with Crippen molar-refractivity contribution in [2.45, 2.75) is 50.5 Å². The van der Waals surface area contributed by atoms with E-state index in [0.717, 1.165) is 28.0 Å². The lowest BCUT2D eigenvalue weighted by atomic mass is 10.1. The molecule has 1 aliphatic rings. The van der Waals surface area contributed by atoms with Crippen molar-refractivity contribution in [2.75, 3.05) is 19.7 Å². The first kappa shape index (κ1) is 38.0. The van der Waals surface area contributed by atoms with E-state index in [1.807, 2.05) is 60.7 Å². The number of amides is 2. The Labute approximate surface area is 300 Å². The summed E-state index contributed by atoms with van der Waals surface area (Å²) >= 11 is 0. The Morgan fingerprint density at radius 2 is 1.54 bits per heavy atom. The Morgan fingerprint density at radius 1 is 0.904 bits per heavy atom. The molecule has 1 aliphatic heterocycles. The number of nitrogens with one attached hydrogen (secondary N) is 3. The van der Waals surface area contributed by atoms with Crippen molar-refractivity contribution < 1.29 is 34.4 Å². The van der Waals surface area contributed by atoms with Crippen molar-refractivity contribution in [2.24, 2.45) is 0 Å². The van der Waals surface area contributed by atoms with E-state index in [2.05, 4.69) is 15.6 Å². The summed E-state index contributed by atoms with van der Waals surface area (Å²) in [5.41, 5.74) is -0.827. The molecule has 0 radical (unpaired) electrons. The van der Waals surface area contributed by atoms with Crippen molar-refractivity contribution in [3.05, 3.63) is 129 Å². The SMILES string of the molecule is O=C(C=Cc1cn([C@H]2C[C@H](O)[C@@H](CO)O2)c(=O)[nH]c1=O)NCCCCCCNC(=O)c1ccc(C(=O)O)c(P(c2ccccc2)c2ccccc2)c1. The topological polar surface area (TPSA) is 200 Å². The largest absolute Gasteiger partial charge is 0.478 e. The smallest absolute Gasteiger partial charge is 0.336 e. The lowest BCUT2D eigenvalue weighted by Gasteiger charge is -2.22. The molecule has 1 saturated heterocycles. The third kappa shape index (κ3) is 9.77. The van der Waals surface area contributed by atoms with Gasteiger partial charge < -0.3 is 30.7 Å². The Kier molecular flexibility index (Phi) is 13.4. The Balaban J connectivity index is 1.08. The van der Waals surface area contributed by atoms with Gasteiger partial charge in [-0.05, 0) is 55.6 Å². The van der Waals surface area contributed by atoms with E-state index in [-0.39, 0.29) is 23.5 Å². The molecule has 1 fully saturated rings. The first-order valence-corrected chi connectivity index (χ1v) is 18.3. The monoisotopic (exact) mass is 728 g/mol. The summed E-state index contributed by atoms with van der Waals surface area (Å²) in [6, 6.07) is 24.1. The maximum absolute atomic E-state index is 13.1. The van der Waals surface area contributed by atoms with Crippen LogP contribution in [0, 0.1) is 0 Å². The average Bonchev–Trinajstić information content (AvgIpc) is 3.53. The quantitative estimate of drug-likeness (QED) is 0.0565. The van der Waals surface area contributed by atoms with Gasteiger partial charge in [0.05, 0.1) is 23.8 Å². The van der Waals surface area contributed by atoms with E-state index in [0.29, 0.717) is 36.8 Å². The summed E-state index contributed by atoms with van der Waals surface area (Å²) in [4.78, 5) is 64.5. The van der Waals surface area contributed by atoms with E-state index >= 15 is 0 Å². The number of hydrogen-bond acceptors (Lipinski definition) is 8. The van der Waals surface area contributed by atoms with Crippen LogP contribution in [0.5, 0.6) is 0 Å². The van der Waals surface area contributed by atoms with E-state index in [9.17, 15) is 39.3 Å². The van der Waals surface area contributed by atoms with Crippen LogP contribution in [0.4, 0.5) is 0 Å². The highest BCUT2D eigenvalue weighted by atomic mass is 31.1. The molecule has 0 saturated carbocycles. The van der Waals surface area contributed by atoms with Gasteiger partial charge in [0.1, 0.15) is 12.3 Å². The second-order valence-corrected chi connectivity index (χ2v) is 14.4. The van der Waals surface area contributed by atoms with Gasteiger partial charge in [0.2, 0.25) is 5.91 Å². The molecule has 1 aromatic heterocycles. The van der Waals surface area contributed by atoms with Crippen LogP contribution in [0.3, 0.4) is 0 Å². The molecular formula is C38H41N4O9P. The number of carbonyl (C=O) groups is 3. The molecule has 272 valence electrons. The minimum atomic E-state index is -1.24. The summed E-state index contributed by atoms with van der Waals surface area (Å²) < 4.78 is 6.60. The highest BCUT2D eigenvalue weighted by Crippen LogP contribution is 2.34. The number of carboxylic acid groups (broad SMARTS) is 1. The molecule has 2 amide bonds. The second-order valence-electron chi connectivity index (χ2n) is 12.2. The van der Waals surface area contributed by atoms with Crippen LogP contribution in [-0.4, -0.2) is 74.6 Å². The number of hydrogen-bond donors (Lipinski definition) is 6. The van der Waals surface area contributed by atoms with Crippen LogP contribution in [-0.2, 0) is 9.53 Å². The maximum Gasteiger partial charge on any atom is 0.336 e. The molecule has 52 heavy (non-hydrogen) atoms. The standard InChI is InChI=1S/C38H41N4O9P/c43-24-31-30(44)22-34(51-31)42-23-26(36(47)41-38(42)50)16-18-33(45)39-19-9-1-2-10-20-40-35(46)25-15-17-29(37(48)49)32(21-25)52(27-11-5-3-6-12-27)28-13-7-4-8-14-28/h3-8,11-18,21,23,30-31,34,43-44H,1-2,9-10,19-20,22,24H2,(H,39,45)(H,40,46)(H,48,49)(H,41,47,50)/t30-,31+,34+/m0/s1. The number of carbonyl (C=O) groups excluding carboxylic acids is 2. The number of aromatic carboxylic acids is 1. The van der Waals surface area contributed by atoms with Crippen LogP contribution in [0.25, 0.3) is 6.08 Å². The molecular weight excluding hydrogens is 687 g/mol. The predicted octanol–water partition coefficient (Wildman–Crippen LogP) is 1.75. The Hall–Kier alpha value is -5.20. The summed E-state index contributed by atoms with van der Waals surface area (Å²) in [6.45, 7) is 0.406. The number of H-pyrrole nitrogens is 1. The van der Waals surface area contributed by atoms with Gasteiger partial charge in [-0.2, -0.15) is 0 Å². The van der Waals surface area contributed by atoms with Gasteiger partial charge in [-0.3, -0.25) is 23.9 Å². The number of rotatable bonds is 16. The number of unbranched alkanes of at least 4 members (excludes halogenated alkanes) is 3. The number of nitrogens with zero attached hydrogens (tertiary/aromatic N) is 1. The average molecular weight is 729 g/mol. The number of benzene rings is 3. The third-order valence-electron chi connectivity index (χ3n) is 8.55. The number of aromatic nitrogens is 2. The summed E-state index contributed by atoms with van der Waals surface area (Å²) in [7, 11) is -1.24. The van der Waals surface area contributed by atoms with Gasteiger partial charge in [-0.1, -0.05) is 73.5 Å². The Bertz CT molecular complexity index is 1960. The van der Waals surface area contributed by atoms with Gasteiger partial charge >= 0.3 is 11.7 Å². The minimum absolute atomic E-state index is 0.0459. The zero-order valence-electron chi connectivity index (χ0n) is 28.3. The molecule has 0 unspecified atom stereocenters. The number of aliphatic hydroxyl groups is 2. The second kappa shape index (κ2) is 18.3. The normalized spacial score (nSPS) is 17.0. The molecule has 3 aromatic carbocycles. The molecule has 0 aliphatic carbocycles. The van der Waals surface area contributed by atoms with Crippen LogP contribution >= 0.6 is 7.92 Å². The maximum atomic E-state index is 13.1. The number of aromatic amines is 1. The third-order valence-corrected chi connectivity index (χ3v) is 11.0. The van der Waals surface area contributed by atoms with Gasteiger partial charge in [0.15, 0.2) is 0 Å². The van der Waals surface area contributed by atoms with Crippen LogP contribution in [0.15, 0.2) is 101 Å². The molecule has 4 aromatic rings. The van der Waals surface area contributed by atoms with Crippen molar-refractivity contribution in [3.8, 4) is 0 Å². The van der Waals surface area contributed by atoms with Gasteiger partial charge in [-0.15, -0.1) is 0 Å². The van der Waals surface area contributed by atoms with E-state index in [4.69, 9.17) is 4.74 Å². The van der Waals surface area contributed by atoms with Crippen molar-refractivity contribution in [1.29, 1.82) is 0 Å². The molecule has 13 nitrogen and oxygen atoms in total. The fourth-order valence-electron chi connectivity index (χ4n) is 5.85. The zero-order valence-corrected chi connectivity index (χ0v) is 29.2. The highest BCUT2D eigenvalue weighted by molar-refractivity contribution is 7.80. The number of aliphatic hydroxyl groups excluding tert-OH is 2. The number of ether oxygens (including phenoxy) is 1. The zero-order chi connectivity index (χ0) is 37.0. The van der Waals surface area contributed by atoms with E-state index in [1.165, 1.54) is 30.5 Å². The molecule has 14 heteroatoms. The molecule has 6 N–H and O–H groups in total. The summed E-state index contributed by atoms with van der Waals surface area (Å²) in [6.07, 6.45) is 4.09. The minimum Gasteiger partial charge on any atom is -0.478 e. The van der Waals surface area contributed by atoms with Gasteiger partial charge in [0, 0.05) is 42.7 Å². The molecule has 3 atom stereocenters. The Morgan fingerprint density at radius 3 is 2.13 bits per heavy atom. The number of carboxylic acids is 1. The summed E-state index contributed by atoms with van der Waals surface area (Å²) in [5, 5.41) is 37.5.